The zero-order chi connectivity index (χ0) is 10.8. The van der Waals surface area contributed by atoms with Crippen LogP contribution in [0.25, 0.3) is 0 Å². The molecular formula is C9H15N3O3. The minimum Gasteiger partial charge on any atom is -0.372 e. The molecule has 2 aliphatic rings. The van der Waals surface area contributed by atoms with Gasteiger partial charge >= 0.3 is 0 Å². The number of amides is 2. The molecule has 6 nitrogen and oxygen atoms in total. The van der Waals surface area contributed by atoms with Crippen LogP contribution < -0.4 is 10.6 Å². The second-order valence-corrected chi connectivity index (χ2v) is 3.88. The lowest BCUT2D eigenvalue weighted by molar-refractivity contribution is -0.144. The Kier molecular flexibility index (Phi) is 2.88. The van der Waals surface area contributed by atoms with Crippen molar-refractivity contribution in [1.82, 2.24) is 15.5 Å². The SMILES string of the molecule is O=C1CCC(N2CCNCC2=O)C(O)N1. The predicted octanol–water partition coefficient (Wildman–Crippen LogP) is -1.98. The number of piperidine rings is 1. The third-order valence-corrected chi connectivity index (χ3v) is 2.87. The summed E-state index contributed by atoms with van der Waals surface area (Å²) in [5.74, 6) is -0.164. The summed E-state index contributed by atoms with van der Waals surface area (Å²) >= 11 is 0. The van der Waals surface area contributed by atoms with Gasteiger partial charge in [-0.25, -0.2) is 0 Å². The van der Waals surface area contributed by atoms with Crippen LogP contribution >= 0.6 is 0 Å². The Bertz CT molecular complexity index is 282. The van der Waals surface area contributed by atoms with Crippen LogP contribution in [-0.4, -0.2) is 53.7 Å². The molecule has 2 fully saturated rings. The molecule has 0 aromatic rings. The van der Waals surface area contributed by atoms with E-state index >= 15 is 0 Å². The van der Waals surface area contributed by atoms with Crippen molar-refractivity contribution in [3.63, 3.8) is 0 Å². The van der Waals surface area contributed by atoms with Gasteiger partial charge in [-0.15, -0.1) is 0 Å². The molecule has 0 aliphatic carbocycles. The number of carbonyl (C=O) groups is 2. The van der Waals surface area contributed by atoms with Crippen molar-refractivity contribution in [2.24, 2.45) is 0 Å². The van der Waals surface area contributed by atoms with E-state index in [-0.39, 0.29) is 17.9 Å². The molecule has 0 aromatic carbocycles. The van der Waals surface area contributed by atoms with Gasteiger partial charge in [0.05, 0.1) is 12.6 Å². The molecule has 2 rings (SSSR count). The zero-order valence-electron chi connectivity index (χ0n) is 8.40. The molecule has 3 N–H and O–H groups in total. The molecule has 0 radical (unpaired) electrons. The maximum atomic E-state index is 11.6. The summed E-state index contributed by atoms with van der Waals surface area (Å²) in [6, 6.07) is -0.266. The van der Waals surface area contributed by atoms with E-state index in [0.29, 0.717) is 25.9 Å². The molecule has 0 aromatic heterocycles. The molecule has 84 valence electrons. The largest absolute Gasteiger partial charge is 0.372 e. The van der Waals surface area contributed by atoms with Crippen molar-refractivity contribution in [2.75, 3.05) is 19.6 Å². The van der Waals surface area contributed by atoms with Crippen LogP contribution in [0.4, 0.5) is 0 Å². The van der Waals surface area contributed by atoms with E-state index in [1.165, 1.54) is 0 Å². The average Bonchev–Trinajstić information content (AvgIpc) is 2.20. The third-order valence-electron chi connectivity index (χ3n) is 2.87. The molecule has 6 heteroatoms. The summed E-state index contributed by atoms with van der Waals surface area (Å²) < 4.78 is 0. The van der Waals surface area contributed by atoms with Crippen molar-refractivity contribution in [3.05, 3.63) is 0 Å². The highest BCUT2D eigenvalue weighted by Crippen LogP contribution is 2.16. The number of carbonyl (C=O) groups excluding carboxylic acids is 2. The molecule has 2 atom stereocenters. The van der Waals surface area contributed by atoms with Gasteiger partial charge in [0.1, 0.15) is 6.23 Å². The maximum absolute atomic E-state index is 11.6. The van der Waals surface area contributed by atoms with Gasteiger partial charge in [0.2, 0.25) is 11.8 Å². The molecule has 0 bridgehead atoms. The minimum atomic E-state index is -0.923. The highest BCUT2D eigenvalue weighted by Gasteiger charge is 2.34. The normalized spacial score (nSPS) is 32.7. The van der Waals surface area contributed by atoms with E-state index in [4.69, 9.17) is 0 Å². The predicted molar refractivity (Wildman–Crippen MR) is 51.8 cm³/mol. The summed E-state index contributed by atoms with van der Waals surface area (Å²) in [7, 11) is 0. The summed E-state index contributed by atoms with van der Waals surface area (Å²) in [4.78, 5) is 24.2. The lowest BCUT2D eigenvalue weighted by Gasteiger charge is -2.39. The summed E-state index contributed by atoms with van der Waals surface area (Å²) in [6.45, 7) is 1.65. The second kappa shape index (κ2) is 4.16. The molecule has 2 amide bonds. The highest BCUT2D eigenvalue weighted by molar-refractivity contribution is 5.81. The fourth-order valence-electron chi connectivity index (χ4n) is 2.07. The van der Waals surface area contributed by atoms with Crippen LogP contribution in [0.1, 0.15) is 12.8 Å². The Hall–Kier alpha value is -1.14. The van der Waals surface area contributed by atoms with Crippen molar-refractivity contribution in [1.29, 1.82) is 0 Å². The van der Waals surface area contributed by atoms with Gasteiger partial charge in [0.25, 0.3) is 0 Å². The van der Waals surface area contributed by atoms with Crippen LogP contribution in [0.2, 0.25) is 0 Å². The number of hydrogen-bond acceptors (Lipinski definition) is 4. The van der Waals surface area contributed by atoms with E-state index in [0.717, 1.165) is 6.54 Å². The standard InChI is InChI=1S/C9H15N3O3/c13-7-2-1-6(9(15)11-7)12-4-3-10-5-8(12)14/h6,9-10,15H,1-5H2,(H,11,13). The van der Waals surface area contributed by atoms with Crippen LogP contribution in [0.15, 0.2) is 0 Å². The number of aliphatic hydroxyl groups is 1. The van der Waals surface area contributed by atoms with Crippen molar-refractivity contribution in [3.8, 4) is 0 Å². The molecule has 2 unspecified atom stereocenters. The summed E-state index contributed by atoms with van der Waals surface area (Å²) in [6.07, 6.45) is -0.00851. The molecule has 2 saturated heterocycles. The van der Waals surface area contributed by atoms with Gasteiger partial charge < -0.3 is 20.6 Å². The molecule has 0 spiro atoms. The summed E-state index contributed by atoms with van der Waals surface area (Å²) in [5, 5.41) is 15.1. The van der Waals surface area contributed by atoms with E-state index in [9.17, 15) is 14.7 Å². The van der Waals surface area contributed by atoms with Crippen molar-refractivity contribution in [2.45, 2.75) is 25.1 Å². The lowest BCUT2D eigenvalue weighted by Crippen LogP contribution is -2.61. The van der Waals surface area contributed by atoms with Crippen LogP contribution in [0.3, 0.4) is 0 Å². The topological polar surface area (TPSA) is 81.7 Å². The van der Waals surface area contributed by atoms with Crippen LogP contribution in [0.5, 0.6) is 0 Å². The third kappa shape index (κ3) is 2.10. The van der Waals surface area contributed by atoms with Crippen LogP contribution in [0, 0.1) is 0 Å². The lowest BCUT2D eigenvalue weighted by atomic mass is 10.0. The quantitative estimate of drug-likeness (QED) is 0.471. The first kappa shape index (κ1) is 10.4. The van der Waals surface area contributed by atoms with Gasteiger partial charge in [0.15, 0.2) is 0 Å². The molecule has 2 aliphatic heterocycles. The number of nitrogens with one attached hydrogen (secondary N) is 2. The van der Waals surface area contributed by atoms with Crippen molar-refractivity contribution >= 4 is 11.8 Å². The Morgan fingerprint density at radius 1 is 1.40 bits per heavy atom. The van der Waals surface area contributed by atoms with E-state index in [1.807, 2.05) is 0 Å². The Labute approximate surface area is 87.6 Å². The Morgan fingerprint density at radius 2 is 2.20 bits per heavy atom. The van der Waals surface area contributed by atoms with Gasteiger partial charge in [0, 0.05) is 19.5 Å². The van der Waals surface area contributed by atoms with Crippen molar-refractivity contribution < 1.29 is 14.7 Å². The van der Waals surface area contributed by atoms with Gasteiger partial charge in [-0.3, -0.25) is 9.59 Å². The maximum Gasteiger partial charge on any atom is 0.236 e. The van der Waals surface area contributed by atoms with Gasteiger partial charge in [-0.2, -0.15) is 0 Å². The molecule has 0 saturated carbocycles. The van der Waals surface area contributed by atoms with E-state index in [1.54, 1.807) is 4.90 Å². The Balaban J connectivity index is 2.02. The molecular weight excluding hydrogens is 198 g/mol. The number of aliphatic hydroxyl groups excluding tert-OH is 1. The second-order valence-electron chi connectivity index (χ2n) is 3.88. The monoisotopic (exact) mass is 213 g/mol. The fraction of sp³-hybridized carbons (Fsp3) is 0.778. The fourth-order valence-corrected chi connectivity index (χ4v) is 2.07. The first-order chi connectivity index (χ1) is 7.18. The van der Waals surface area contributed by atoms with Crippen LogP contribution in [-0.2, 0) is 9.59 Å². The highest BCUT2D eigenvalue weighted by atomic mass is 16.3. The van der Waals surface area contributed by atoms with Gasteiger partial charge in [-0.1, -0.05) is 0 Å². The molecule has 2 heterocycles. The van der Waals surface area contributed by atoms with E-state index in [2.05, 4.69) is 10.6 Å². The first-order valence-corrected chi connectivity index (χ1v) is 5.16. The molecule has 15 heavy (non-hydrogen) atoms. The smallest absolute Gasteiger partial charge is 0.236 e. The minimum absolute atomic E-state index is 0.0125. The number of hydrogen-bond donors (Lipinski definition) is 3. The average molecular weight is 213 g/mol. The Morgan fingerprint density at radius 3 is 2.87 bits per heavy atom. The van der Waals surface area contributed by atoms with Gasteiger partial charge in [-0.05, 0) is 6.42 Å². The zero-order valence-corrected chi connectivity index (χ0v) is 8.40. The number of rotatable bonds is 1. The number of nitrogens with zero attached hydrogens (tertiary/aromatic N) is 1. The summed E-state index contributed by atoms with van der Waals surface area (Å²) in [5.41, 5.74) is 0. The first-order valence-electron chi connectivity index (χ1n) is 5.16. The van der Waals surface area contributed by atoms with E-state index < -0.39 is 6.23 Å². The number of piperazine rings is 1.